The normalized spacial score (nSPS) is 39.3. The van der Waals surface area contributed by atoms with Crippen molar-refractivity contribution < 1.29 is 89.1 Å². The minimum absolute atomic E-state index is 0.00423. The molecule has 0 aromatic heterocycles. The van der Waals surface area contributed by atoms with Crippen molar-refractivity contribution >= 4 is 11.7 Å². The van der Waals surface area contributed by atoms with Crippen molar-refractivity contribution in [2.45, 2.75) is 150 Å². The summed E-state index contributed by atoms with van der Waals surface area (Å²) in [7, 11) is 0. The van der Waals surface area contributed by atoms with E-state index in [0.29, 0.717) is 25.8 Å². The number of carbonyl (C=O) groups excluding carboxylic acids is 2. The first kappa shape index (κ1) is 42.9. The summed E-state index contributed by atoms with van der Waals surface area (Å²) in [5, 5.41) is 105. The van der Waals surface area contributed by atoms with Crippen LogP contribution in [-0.4, -0.2) is 188 Å². The van der Waals surface area contributed by atoms with E-state index in [-0.39, 0.29) is 31.1 Å². The van der Waals surface area contributed by atoms with Crippen molar-refractivity contribution in [3.05, 3.63) is 0 Å². The fourth-order valence-electron chi connectivity index (χ4n) is 5.91. The molecule has 50 heavy (non-hydrogen) atoms. The first-order valence-electron chi connectivity index (χ1n) is 17.1. The summed E-state index contributed by atoms with van der Waals surface area (Å²) in [5.41, 5.74) is 0. The van der Waals surface area contributed by atoms with Gasteiger partial charge in [0.05, 0.1) is 26.4 Å². The third-order valence-electron chi connectivity index (χ3n) is 8.92. The number of rotatable bonds is 20. The standard InChI is InChI=1S/C31H55NO18/c1-2-32-19(36)10-6-4-3-5-8-15(35)9-7-11-45-30-27(44)28(50-31-26(43)24(41)21(38)17(13-34)48-31)22(39)18(49-30)14-46-29-25(42)23(40)20(37)16(12-33)47-29/h16-18,20-31,33-34,37-44H,2-14H2,1H3,(H,32,36)/t16-,17-,18-,20-,21-,22-,23+,24+,25+,26+,27-,28+,29+,30-,31-/m1/s1. The summed E-state index contributed by atoms with van der Waals surface area (Å²) in [5.74, 6) is -0.00272. The van der Waals surface area contributed by atoms with Crippen LogP contribution < -0.4 is 5.32 Å². The van der Waals surface area contributed by atoms with Crippen LogP contribution in [0.3, 0.4) is 0 Å². The van der Waals surface area contributed by atoms with Gasteiger partial charge in [0.2, 0.25) is 5.91 Å². The number of aliphatic hydroxyl groups is 10. The molecule has 0 radical (unpaired) electrons. The molecule has 0 unspecified atom stereocenters. The van der Waals surface area contributed by atoms with Crippen LogP contribution in [0.15, 0.2) is 0 Å². The molecule has 3 fully saturated rings. The molecule has 0 bridgehead atoms. The van der Waals surface area contributed by atoms with Crippen molar-refractivity contribution in [2.24, 2.45) is 0 Å². The highest BCUT2D eigenvalue weighted by Crippen LogP contribution is 2.31. The van der Waals surface area contributed by atoms with E-state index in [1.165, 1.54) is 0 Å². The molecular formula is C31H55NO18. The predicted octanol–water partition coefficient (Wildman–Crippen LogP) is -4.72. The Labute approximate surface area is 289 Å². The summed E-state index contributed by atoms with van der Waals surface area (Å²) >= 11 is 0. The molecule has 0 aliphatic carbocycles. The van der Waals surface area contributed by atoms with E-state index in [4.69, 9.17) is 28.4 Å². The Hall–Kier alpha value is -1.50. The number of ether oxygens (including phenoxy) is 6. The van der Waals surface area contributed by atoms with Crippen molar-refractivity contribution in [1.82, 2.24) is 5.32 Å². The molecule has 0 aromatic rings. The van der Waals surface area contributed by atoms with Gasteiger partial charge in [-0.05, 0) is 26.2 Å². The van der Waals surface area contributed by atoms with Crippen LogP contribution in [0, 0.1) is 0 Å². The summed E-state index contributed by atoms with van der Waals surface area (Å²) < 4.78 is 33.3. The van der Waals surface area contributed by atoms with Gasteiger partial charge >= 0.3 is 0 Å². The molecule has 11 N–H and O–H groups in total. The topological polar surface area (TPSA) is 304 Å². The Morgan fingerprint density at radius 1 is 0.580 bits per heavy atom. The first-order valence-corrected chi connectivity index (χ1v) is 17.1. The quantitative estimate of drug-likeness (QED) is 0.0525. The number of nitrogens with one attached hydrogen (secondary N) is 1. The molecule has 15 atom stereocenters. The minimum Gasteiger partial charge on any atom is -0.394 e. The lowest BCUT2D eigenvalue weighted by Gasteiger charge is -2.46. The van der Waals surface area contributed by atoms with E-state index < -0.39 is 112 Å². The number of hydrogen-bond acceptors (Lipinski definition) is 18. The lowest BCUT2D eigenvalue weighted by molar-refractivity contribution is -0.366. The number of carbonyl (C=O) groups is 2. The van der Waals surface area contributed by atoms with Gasteiger partial charge in [0, 0.05) is 25.8 Å². The van der Waals surface area contributed by atoms with Crippen LogP contribution in [0.5, 0.6) is 0 Å². The van der Waals surface area contributed by atoms with E-state index in [2.05, 4.69) is 5.32 Å². The van der Waals surface area contributed by atoms with Gasteiger partial charge in [-0.1, -0.05) is 12.8 Å². The van der Waals surface area contributed by atoms with Gasteiger partial charge in [-0.3, -0.25) is 9.59 Å². The van der Waals surface area contributed by atoms with Gasteiger partial charge in [0.15, 0.2) is 18.9 Å². The fraction of sp³-hybridized carbons (Fsp3) is 0.935. The second kappa shape index (κ2) is 21.3. The molecule has 0 saturated carbocycles. The highest BCUT2D eigenvalue weighted by atomic mass is 16.7. The van der Waals surface area contributed by atoms with Crippen molar-refractivity contribution in [3.8, 4) is 0 Å². The average Bonchev–Trinajstić information content (AvgIpc) is 3.10. The zero-order valence-corrected chi connectivity index (χ0v) is 28.1. The molecule has 0 spiro atoms. The molecule has 1 amide bonds. The number of Topliss-reactive ketones (excluding diaryl/α,β-unsaturated/α-hetero) is 1. The second-order valence-electron chi connectivity index (χ2n) is 12.7. The zero-order valence-electron chi connectivity index (χ0n) is 28.1. The maximum atomic E-state index is 12.4. The Kier molecular flexibility index (Phi) is 18.2. The van der Waals surface area contributed by atoms with E-state index in [0.717, 1.165) is 19.3 Å². The molecule has 19 heteroatoms. The Morgan fingerprint density at radius 2 is 1.10 bits per heavy atom. The molecule has 3 saturated heterocycles. The van der Waals surface area contributed by atoms with Crippen LogP contribution >= 0.6 is 0 Å². The smallest absolute Gasteiger partial charge is 0.219 e. The Bertz CT molecular complexity index is 1010. The molecule has 292 valence electrons. The summed E-state index contributed by atoms with van der Waals surface area (Å²) in [6.07, 6.45) is -20.4. The molecule has 19 nitrogen and oxygen atoms in total. The van der Waals surface area contributed by atoms with E-state index in [1.807, 2.05) is 6.92 Å². The lowest BCUT2D eigenvalue weighted by atomic mass is 9.96. The molecule has 3 aliphatic rings. The molecular weight excluding hydrogens is 674 g/mol. The van der Waals surface area contributed by atoms with Crippen LogP contribution in [0.1, 0.15) is 58.3 Å². The van der Waals surface area contributed by atoms with E-state index in [9.17, 15) is 60.7 Å². The SMILES string of the molecule is CCNC(=O)CCCCCCC(=O)CCCO[C@@H]1O[C@H](CO[C@H]2O[C@H](CO)[C@@H](O)[C@H](O)[C@@H]2O)[C@@H](O)[C@H](O[C@H]2O[C@H](CO)[C@@H](O)[C@H](O)[C@@H]2O)[C@H]1O. The highest BCUT2D eigenvalue weighted by Gasteiger charge is 2.52. The average molecular weight is 730 g/mol. The lowest BCUT2D eigenvalue weighted by Crippen LogP contribution is -2.65. The number of unbranched alkanes of at least 4 members (excludes halogenated alkanes) is 3. The largest absolute Gasteiger partial charge is 0.394 e. The van der Waals surface area contributed by atoms with Crippen molar-refractivity contribution in [2.75, 3.05) is 33.0 Å². The number of amides is 1. The minimum atomic E-state index is -1.87. The molecule has 3 aliphatic heterocycles. The molecule has 3 rings (SSSR count). The fourth-order valence-corrected chi connectivity index (χ4v) is 5.91. The maximum Gasteiger partial charge on any atom is 0.219 e. The number of hydrogen-bond donors (Lipinski definition) is 11. The number of ketones is 1. The highest BCUT2D eigenvalue weighted by molar-refractivity contribution is 5.78. The zero-order chi connectivity index (χ0) is 37.0. The maximum absolute atomic E-state index is 12.4. The van der Waals surface area contributed by atoms with E-state index >= 15 is 0 Å². The Balaban J connectivity index is 1.58. The second-order valence-corrected chi connectivity index (χ2v) is 12.7. The van der Waals surface area contributed by atoms with Crippen molar-refractivity contribution in [3.63, 3.8) is 0 Å². The molecule has 3 heterocycles. The van der Waals surface area contributed by atoms with Gasteiger partial charge in [-0.25, -0.2) is 0 Å². The third kappa shape index (κ3) is 11.8. The Morgan fingerprint density at radius 3 is 1.70 bits per heavy atom. The predicted molar refractivity (Wildman–Crippen MR) is 166 cm³/mol. The van der Waals surface area contributed by atoms with Gasteiger partial charge in [-0.2, -0.15) is 0 Å². The summed E-state index contributed by atoms with van der Waals surface area (Å²) in [4.78, 5) is 23.9. The van der Waals surface area contributed by atoms with Crippen molar-refractivity contribution in [1.29, 1.82) is 0 Å². The van der Waals surface area contributed by atoms with Crippen LogP contribution in [0.4, 0.5) is 0 Å². The summed E-state index contributed by atoms with van der Waals surface area (Å²) in [6, 6.07) is 0. The van der Waals surface area contributed by atoms with E-state index in [1.54, 1.807) is 0 Å². The van der Waals surface area contributed by atoms with Gasteiger partial charge in [0.25, 0.3) is 0 Å². The van der Waals surface area contributed by atoms with Crippen LogP contribution in [0.25, 0.3) is 0 Å². The third-order valence-corrected chi connectivity index (χ3v) is 8.92. The van der Waals surface area contributed by atoms with Gasteiger partial charge < -0.3 is 84.8 Å². The van der Waals surface area contributed by atoms with Gasteiger partial charge in [0.1, 0.15) is 79.0 Å². The van der Waals surface area contributed by atoms with Gasteiger partial charge in [-0.15, -0.1) is 0 Å². The first-order chi connectivity index (χ1) is 23.8. The number of aliphatic hydroxyl groups excluding tert-OH is 10. The van der Waals surface area contributed by atoms with Crippen LogP contribution in [0.2, 0.25) is 0 Å². The molecule has 0 aromatic carbocycles. The van der Waals surface area contributed by atoms with Crippen LogP contribution in [-0.2, 0) is 38.0 Å². The summed E-state index contributed by atoms with van der Waals surface area (Å²) in [6.45, 7) is 0.289. The monoisotopic (exact) mass is 729 g/mol.